The van der Waals surface area contributed by atoms with Crippen LogP contribution in [0.2, 0.25) is 0 Å². The normalized spacial score (nSPS) is 10.8. The lowest BCUT2D eigenvalue weighted by atomic mass is 9.86. The summed E-state index contributed by atoms with van der Waals surface area (Å²) < 4.78 is 15.2. The van der Waals surface area contributed by atoms with E-state index in [9.17, 15) is 33.2 Å². The van der Waals surface area contributed by atoms with Crippen molar-refractivity contribution in [3.8, 4) is 0 Å². The van der Waals surface area contributed by atoms with Crippen molar-refractivity contribution in [3.63, 3.8) is 0 Å². The summed E-state index contributed by atoms with van der Waals surface area (Å²) in [7, 11) is 5.52. The second-order valence-corrected chi connectivity index (χ2v) is 8.05. The molecule has 3 aromatic rings. The molecule has 0 aliphatic rings. The van der Waals surface area contributed by atoms with Gasteiger partial charge in [-0.3, -0.25) is 38.3 Å². The van der Waals surface area contributed by atoms with Gasteiger partial charge in [0, 0.05) is 28.2 Å². The van der Waals surface area contributed by atoms with Crippen LogP contribution in [0.4, 0.5) is 16.0 Å². The number of aromatic nitrogens is 4. The summed E-state index contributed by atoms with van der Waals surface area (Å²) in [5, 5.41) is 10.1. The largest absolute Gasteiger partial charge is 0.374 e. The molecule has 14 nitrogen and oxygen atoms in total. The molecule has 2 aromatic heterocycles. The zero-order chi connectivity index (χ0) is 28.1. The van der Waals surface area contributed by atoms with E-state index in [0.29, 0.717) is 9.13 Å². The standard InChI is InChI=1S/C23H27FN8O6/c1-25-13(33)9-31-20(35)16(18(27-3)29-22(31)37)15(11-5-7-12(24)8-6-11)17-19(28-4)30-23(38)32(21(17)36)10-14(34)26-2/h5-8,15,27-28H,9-10H2,1-4H3,(H,25,33)(H,26,34)(H,29,37)(H,30,38). The number of anilines is 2. The molecule has 0 aliphatic heterocycles. The monoisotopic (exact) mass is 530 g/mol. The van der Waals surface area contributed by atoms with Crippen LogP contribution in [0.25, 0.3) is 0 Å². The van der Waals surface area contributed by atoms with Crippen molar-refractivity contribution in [1.29, 1.82) is 0 Å². The molecule has 0 spiro atoms. The first-order valence-electron chi connectivity index (χ1n) is 11.3. The molecule has 2 amide bonds. The Kier molecular flexibility index (Phi) is 8.29. The summed E-state index contributed by atoms with van der Waals surface area (Å²) in [5.74, 6) is -3.31. The van der Waals surface area contributed by atoms with Gasteiger partial charge in [0.1, 0.15) is 30.5 Å². The van der Waals surface area contributed by atoms with E-state index in [1.54, 1.807) is 0 Å². The van der Waals surface area contributed by atoms with E-state index < -0.39 is 59.1 Å². The molecule has 3 rings (SSSR count). The second-order valence-electron chi connectivity index (χ2n) is 8.05. The molecule has 38 heavy (non-hydrogen) atoms. The van der Waals surface area contributed by atoms with Gasteiger partial charge in [-0.1, -0.05) is 12.1 Å². The van der Waals surface area contributed by atoms with Crippen LogP contribution in [0.1, 0.15) is 22.6 Å². The average molecular weight is 531 g/mol. The number of amides is 2. The van der Waals surface area contributed by atoms with E-state index in [2.05, 4.69) is 31.2 Å². The minimum Gasteiger partial charge on any atom is -0.374 e. The van der Waals surface area contributed by atoms with Crippen LogP contribution in [-0.2, 0) is 22.7 Å². The number of carbonyl (C=O) groups is 2. The van der Waals surface area contributed by atoms with Crippen LogP contribution in [-0.4, -0.2) is 59.1 Å². The molecule has 0 fully saturated rings. The van der Waals surface area contributed by atoms with Gasteiger partial charge in [-0.05, 0) is 17.7 Å². The van der Waals surface area contributed by atoms with Gasteiger partial charge in [0.15, 0.2) is 0 Å². The number of hydrogen-bond acceptors (Lipinski definition) is 8. The van der Waals surface area contributed by atoms with Crippen molar-refractivity contribution in [2.24, 2.45) is 0 Å². The number of carbonyl (C=O) groups excluding carboxylic acids is 2. The second kappa shape index (κ2) is 11.4. The highest BCUT2D eigenvalue weighted by molar-refractivity contribution is 5.76. The number of nitrogens with one attached hydrogen (secondary N) is 6. The van der Waals surface area contributed by atoms with Crippen LogP contribution in [0.15, 0.2) is 43.4 Å². The molecule has 1 aromatic carbocycles. The SMILES string of the molecule is CNC(=O)Cn1c(=O)[nH]c(NC)c(C(c2ccc(F)cc2)c2c(NC)[nH]c(=O)n(CC(=O)NC)c2=O)c1=O. The number of H-pyrrole nitrogens is 2. The Bertz CT molecular complexity index is 1510. The van der Waals surface area contributed by atoms with Gasteiger partial charge in [0.2, 0.25) is 11.8 Å². The summed E-state index contributed by atoms with van der Waals surface area (Å²) in [6, 6.07) is 4.90. The third-order valence-corrected chi connectivity index (χ3v) is 5.89. The van der Waals surface area contributed by atoms with E-state index in [4.69, 9.17) is 0 Å². The first kappa shape index (κ1) is 27.6. The van der Waals surface area contributed by atoms with Gasteiger partial charge in [-0.2, -0.15) is 0 Å². The van der Waals surface area contributed by atoms with Gasteiger partial charge in [-0.15, -0.1) is 0 Å². The minimum absolute atomic E-state index is 0.0759. The van der Waals surface area contributed by atoms with Crippen molar-refractivity contribution in [2.75, 3.05) is 38.8 Å². The third kappa shape index (κ3) is 5.25. The van der Waals surface area contributed by atoms with E-state index >= 15 is 0 Å². The summed E-state index contributed by atoms with van der Waals surface area (Å²) in [6.45, 7) is -1.24. The Morgan fingerprint density at radius 1 is 0.763 bits per heavy atom. The van der Waals surface area contributed by atoms with Gasteiger partial charge >= 0.3 is 11.4 Å². The smallest absolute Gasteiger partial charge is 0.330 e. The Hall–Kier alpha value is -4.95. The number of halogens is 1. The Morgan fingerprint density at radius 3 is 1.50 bits per heavy atom. The molecule has 0 unspecified atom stereocenters. The lowest BCUT2D eigenvalue weighted by Gasteiger charge is -2.23. The van der Waals surface area contributed by atoms with Crippen LogP contribution in [0.5, 0.6) is 0 Å². The Balaban J connectivity index is 2.51. The fourth-order valence-electron chi connectivity index (χ4n) is 3.97. The number of rotatable bonds is 9. The van der Waals surface area contributed by atoms with Crippen LogP contribution < -0.4 is 43.8 Å². The zero-order valence-corrected chi connectivity index (χ0v) is 21.0. The molecule has 2 heterocycles. The van der Waals surface area contributed by atoms with Crippen LogP contribution >= 0.6 is 0 Å². The lowest BCUT2D eigenvalue weighted by Crippen LogP contribution is -2.45. The summed E-state index contributed by atoms with van der Waals surface area (Å²) in [4.78, 5) is 81.9. The number of hydrogen-bond donors (Lipinski definition) is 6. The maximum Gasteiger partial charge on any atom is 0.330 e. The molecule has 0 saturated carbocycles. The van der Waals surface area contributed by atoms with E-state index in [0.717, 1.165) is 12.1 Å². The fraction of sp³-hybridized carbons (Fsp3) is 0.304. The van der Waals surface area contributed by atoms with Crippen molar-refractivity contribution in [3.05, 3.63) is 88.4 Å². The summed E-state index contributed by atoms with van der Waals surface area (Å²) in [5.41, 5.74) is -3.72. The molecule has 0 bridgehead atoms. The topological polar surface area (TPSA) is 192 Å². The maximum absolute atomic E-state index is 13.9. The number of benzene rings is 1. The van der Waals surface area contributed by atoms with Crippen LogP contribution in [0, 0.1) is 5.82 Å². The predicted molar refractivity (Wildman–Crippen MR) is 137 cm³/mol. The number of aromatic amines is 2. The lowest BCUT2D eigenvalue weighted by molar-refractivity contribution is -0.122. The highest BCUT2D eigenvalue weighted by atomic mass is 19.1. The minimum atomic E-state index is -1.30. The maximum atomic E-state index is 13.9. The predicted octanol–water partition coefficient (Wildman–Crippen LogP) is -1.72. The van der Waals surface area contributed by atoms with Crippen molar-refractivity contribution < 1.29 is 14.0 Å². The third-order valence-electron chi connectivity index (χ3n) is 5.89. The number of likely N-dealkylation sites (N-methyl/N-ethyl adjacent to an activating group) is 2. The molecule has 202 valence electrons. The first-order valence-corrected chi connectivity index (χ1v) is 11.3. The molecule has 0 radical (unpaired) electrons. The molecule has 0 aliphatic carbocycles. The molecular weight excluding hydrogens is 503 g/mol. The van der Waals surface area contributed by atoms with E-state index in [-0.39, 0.29) is 28.3 Å². The first-order chi connectivity index (χ1) is 18.1. The molecule has 0 atom stereocenters. The summed E-state index contributed by atoms with van der Waals surface area (Å²) in [6.07, 6.45) is 0. The molecule has 6 N–H and O–H groups in total. The van der Waals surface area contributed by atoms with Gasteiger partial charge in [0.25, 0.3) is 11.1 Å². The quantitative estimate of drug-likeness (QED) is 0.188. The molecular formula is C23H27FN8O6. The van der Waals surface area contributed by atoms with Gasteiger partial charge < -0.3 is 21.3 Å². The van der Waals surface area contributed by atoms with Crippen molar-refractivity contribution >= 4 is 23.5 Å². The summed E-state index contributed by atoms with van der Waals surface area (Å²) >= 11 is 0. The van der Waals surface area contributed by atoms with Gasteiger partial charge in [0.05, 0.1) is 17.0 Å². The highest BCUT2D eigenvalue weighted by Gasteiger charge is 2.32. The van der Waals surface area contributed by atoms with Crippen molar-refractivity contribution in [2.45, 2.75) is 19.0 Å². The van der Waals surface area contributed by atoms with Gasteiger partial charge in [-0.25, -0.2) is 14.0 Å². The van der Waals surface area contributed by atoms with Crippen molar-refractivity contribution in [1.82, 2.24) is 29.7 Å². The fourth-order valence-corrected chi connectivity index (χ4v) is 3.97. The zero-order valence-electron chi connectivity index (χ0n) is 21.0. The highest BCUT2D eigenvalue weighted by Crippen LogP contribution is 2.34. The Labute approximate surface area is 213 Å². The number of nitrogens with zero attached hydrogens (tertiary/aromatic N) is 2. The van der Waals surface area contributed by atoms with E-state index in [1.807, 2.05) is 0 Å². The average Bonchev–Trinajstić information content (AvgIpc) is 2.91. The molecule has 0 saturated heterocycles. The van der Waals surface area contributed by atoms with E-state index in [1.165, 1.54) is 40.3 Å². The molecule has 15 heteroatoms. The Morgan fingerprint density at radius 2 is 1.16 bits per heavy atom. The van der Waals surface area contributed by atoms with Crippen LogP contribution in [0.3, 0.4) is 0 Å².